The van der Waals surface area contributed by atoms with Crippen LogP contribution in [0.15, 0.2) is 42.5 Å². The Labute approximate surface area is 192 Å². The fraction of sp³-hybridized carbons (Fsp3) is 0.333. The highest BCUT2D eigenvalue weighted by atomic mass is 32.2. The van der Waals surface area contributed by atoms with Crippen LogP contribution in [0.3, 0.4) is 0 Å². The third-order valence-corrected chi connectivity index (χ3v) is 5.03. The first-order valence-electron chi connectivity index (χ1n) is 9.58. The number of alkyl halides is 2. The highest BCUT2D eigenvalue weighted by molar-refractivity contribution is 7.98. The van der Waals surface area contributed by atoms with E-state index in [1.165, 1.54) is 18.9 Å². The van der Waals surface area contributed by atoms with Gasteiger partial charge in [0.25, 0.3) is 11.6 Å². The van der Waals surface area contributed by atoms with Gasteiger partial charge in [0.15, 0.2) is 11.5 Å². The lowest BCUT2D eigenvalue weighted by atomic mass is 10.1. The van der Waals surface area contributed by atoms with Crippen LogP contribution in [0.4, 0.5) is 14.5 Å². The number of hydrogen-bond acceptors (Lipinski definition) is 8. The van der Waals surface area contributed by atoms with Crippen LogP contribution in [0.2, 0.25) is 0 Å². The molecule has 1 N–H and O–H groups in total. The van der Waals surface area contributed by atoms with Crippen LogP contribution in [-0.4, -0.2) is 48.6 Å². The maximum Gasteiger partial charge on any atom is 0.387 e. The number of carbonyl (C=O) groups excluding carboxylic acids is 2. The Morgan fingerprint density at radius 3 is 2.45 bits per heavy atom. The number of hydrogen-bond donors (Lipinski definition) is 1. The molecule has 0 heterocycles. The number of methoxy groups -OCH3 is 1. The van der Waals surface area contributed by atoms with Crippen molar-refractivity contribution in [2.45, 2.75) is 25.7 Å². The van der Waals surface area contributed by atoms with Crippen molar-refractivity contribution in [3.63, 3.8) is 0 Å². The number of nitrogens with one attached hydrogen (secondary N) is 1. The summed E-state index contributed by atoms with van der Waals surface area (Å²) in [7, 11) is 1.17. The molecule has 0 aliphatic carbocycles. The second-order valence-corrected chi connectivity index (χ2v) is 7.53. The van der Waals surface area contributed by atoms with E-state index in [9.17, 15) is 28.5 Å². The molecule has 1 atom stereocenters. The van der Waals surface area contributed by atoms with Crippen molar-refractivity contribution in [3.05, 3.63) is 63.7 Å². The van der Waals surface area contributed by atoms with Gasteiger partial charge in [-0.25, -0.2) is 4.79 Å². The molecule has 33 heavy (non-hydrogen) atoms. The number of halogens is 2. The minimum absolute atomic E-state index is 0.0928. The molecule has 0 bridgehead atoms. The lowest BCUT2D eigenvalue weighted by Crippen LogP contribution is -2.42. The number of nitro groups is 1. The lowest BCUT2D eigenvalue weighted by Gasteiger charge is -2.18. The third-order valence-electron chi connectivity index (χ3n) is 4.38. The van der Waals surface area contributed by atoms with E-state index in [2.05, 4.69) is 10.1 Å². The van der Waals surface area contributed by atoms with Gasteiger partial charge in [0, 0.05) is 5.56 Å². The Bertz CT molecular complexity index is 977. The molecule has 0 aliphatic heterocycles. The van der Waals surface area contributed by atoms with Gasteiger partial charge < -0.3 is 19.5 Å². The Kier molecular flexibility index (Phi) is 9.85. The van der Waals surface area contributed by atoms with E-state index in [0.29, 0.717) is 11.3 Å². The number of carbonyl (C=O) groups is 2. The molecule has 1 amide bonds. The smallest absolute Gasteiger partial charge is 0.387 e. The molecule has 0 aliphatic rings. The molecule has 0 fully saturated rings. The molecular formula is C21H22F2N2O7S. The summed E-state index contributed by atoms with van der Waals surface area (Å²) in [6, 6.07) is 9.15. The molecular weight excluding hydrogens is 462 g/mol. The molecule has 0 spiro atoms. The summed E-state index contributed by atoms with van der Waals surface area (Å²) in [6.07, 6.45) is 2.10. The first kappa shape index (κ1) is 25.8. The summed E-state index contributed by atoms with van der Waals surface area (Å²) in [5.41, 5.74) is -0.326. The molecule has 0 radical (unpaired) electrons. The van der Waals surface area contributed by atoms with E-state index in [4.69, 9.17) is 9.47 Å². The quantitative estimate of drug-likeness (QED) is 0.275. The Hall–Kier alpha value is -3.41. The lowest BCUT2D eigenvalue weighted by molar-refractivity contribution is -0.386. The van der Waals surface area contributed by atoms with E-state index in [0.717, 1.165) is 12.1 Å². The van der Waals surface area contributed by atoms with Crippen molar-refractivity contribution in [2.24, 2.45) is 0 Å². The zero-order valence-corrected chi connectivity index (χ0v) is 18.6. The van der Waals surface area contributed by atoms with E-state index in [-0.39, 0.29) is 17.7 Å². The molecule has 0 saturated heterocycles. The average molecular weight is 484 g/mol. The van der Waals surface area contributed by atoms with Gasteiger partial charge in [0.05, 0.1) is 23.7 Å². The van der Waals surface area contributed by atoms with E-state index in [1.54, 1.807) is 30.3 Å². The standard InChI is InChI=1S/C21H22F2N2O7S/c1-30-17-10-14(16(25(28)29)11-18(17)32-21(22)23)12-31-20(27)15(8-9-33-2)24-19(26)13-6-4-3-5-7-13/h3-7,10-11,15,21H,8-9,12H2,1-2H3,(H,24,26). The van der Waals surface area contributed by atoms with Crippen LogP contribution in [0.1, 0.15) is 22.3 Å². The summed E-state index contributed by atoms with van der Waals surface area (Å²) in [6.45, 7) is -3.76. The minimum Gasteiger partial charge on any atom is -0.493 e. The van der Waals surface area contributed by atoms with Gasteiger partial charge in [0.2, 0.25) is 0 Å². The SMILES string of the molecule is COc1cc(COC(=O)C(CCSC)NC(=O)c2ccccc2)c([N+](=O)[O-])cc1OC(F)F. The summed E-state index contributed by atoms with van der Waals surface area (Å²) < 4.78 is 39.6. The van der Waals surface area contributed by atoms with E-state index < -0.39 is 47.5 Å². The fourth-order valence-corrected chi connectivity index (χ4v) is 3.26. The highest BCUT2D eigenvalue weighted by Gasteiger charge is 2.26. The number of rotatable bonds is 12. The van der Waals surface area contributed by atoms with Crippen molar-refractivity contribution < 1.29 is 37.5 Å². The maximum absolute atomic E-state index is 12.7. The van der Waals surface area contributed by atoms with Gasteiger partial charge in [-0.3, -0.25) is 14.9 Å². The predicted octanol–water partition coefficient (Wildman–Crippen LogP) is 3.80. The van der Waals surface area contributed by atoms with Crippen LogP contribution in [-0.2, 0) is 16.1 Å². The van der Waals surface area contributed by atoms with Gasteiger partial charge in [-0.2, -0.15) is 20.5 Å². The summed E-state index contributed by atoms with van der Waals surface area (Å²) in [5.74, 6) is -1.44. The maximum atomic E-state index is 12.7. The number of esters is 1. The minimum atomic E-state index is -3.22. The average Bonchev–Trinajstić information content (AvgIpc) is 2.80. The molecule has 178 valence electrons. The van der Waals surface area contributed by atoms with Gasteiger partial charge >= 0.3 is 12.6 Å². The third kappa shape index (κ3) is 7.59. The van der Waals surface area contributed by atoms with Crippen molar-refractivity contribution in [1.82, 2.24) is 5.32 Å². The van der Waals surface area contributed by atoms with Crippen LogP contribution in [0, 0.1) is 10.1 Å². The molecule has 2 aromatic rings. The van der Waals surface area contributed by atoms with Crippen molar-refractivity contribution in [3.8, 4) is 11.5 Å². The monoisotopic (exact) mass is 484 g/mol. The zero-order valence-electron chi connectivity index (χ0n) is 17.8. The number of ether oxygens (including phenoxy) is 3. The topological polar surface area (TPSA) is 117 Å². The summed E-state index contributed by atoms with van der Waals surface area (Å²) in [4.78, 5) is 35.7. The molecule has 12 heteroatoms. The number of benzene rings is 2. The van der Waals surface area contributed by atoms with Crippen molar-refractivity contribution in [1.29, 1.82) is 0 Å². The van der Waals surface area contributed by atoms with Gasteiger partial charge in [-0.05, 0) is 36.6 Å². The summed E-state index contributed by atoms with van der Waals surface area (Å²) >= 11 is 1.46. The zero-order chi connectivity index (χ0) is 24.4. The van der Waals surface area contributed by atoms with E-state index >= 15 is 0 Å². The Morgan fingerprint density at radius 2 is 1.88 bits per heavy atom. The van der Waals surface area contributed by atoms with Crippen LogP contribution < -0.4 is 14.8 Å². The molecule has 0 saturated carbocycles. The Balaban J connectivity index is 2.19. The molecule has 2 aromatic carbocycles. The van der Waals surface area contributed by atoms with E-state index in [1.807, 2.05) is 6.26 Å². The van der Waals surface area contributed by atoms with Crippen LogP contribution in [0.25, 0.3) is 0 Å². The number of nitrogens with zero attached hydrogens (tertiary/aromatic N) is 1. The van der Waals surface area contributed by atoms with Crippen molar-refractivity contribution >= 4 is 29.3 Å². The molecule has 2 rings (SSSR count). The second-order valence-electron chi connectivity index (χ2n) is 6.55. The van der Waals surface area contributed by atoms with Gasteiger partial charge in [-0.1, -0.05) is 18.2 Å². The molecule has 9 nitrogen and oxygen atoms in total. The van der Waals surface area contributed by atoms with Gasteiger partial charge in [-0.15, -0.1) is 0 Å². The number of nitro benzene ring substituents is 1. The Morgan fingerprint density at radius 1 is 1.18 bits per heavy atom. The summed E-state index contributed by atoms with van der Waals surface area (Å²) in [5, 5.41) is 14.0. The first-order chi connectivity index (χ1) is 15.8. The van der Waals surface area contributed by atoms with Gasteiger partial charge in [0.1, 0.15) is 12.6 Å². The van der Waals surface area contributed by atoms with Crippen LogP contribution in [0.5, 0.6) is 11.5 Å². The highest BCUT2D eigenvalue weighted by Crippen LogP contribution is 2.36. The largest absolute Gasteiger partial charge is 0.493 e. The van der Waals surface area contributed by atoms with Crippen LogP contribution >= 0.6 is 11.8 Å². The first-order valence-corrected chi connectivity index (χ1v) is 11.0. The number of amides is 1. The predicted molar refractivity (Wildman–Crippen MR) is 117 cm³/mol. The fourth-order valence-electron chi connectivity index (χ4n) is 2.79. The normalized spacial score (nSPS) is 11.5. The molecule has 0 aromatic heterocycles. The molecule has 1 unspecified atom stereocenters. The van der Waals surface area contributed by atoms with Crippen molar-refractivity contribution in [2.75, 3.05) is 19.1 Å². The number of thioether (sulfide) groups is 1. The second kappa shape index (κ2) is 12.6.